The number of rotatable bonds is 3. The zero-order chi connectivity index (χ0) is 8.27. The molecule has 0 aromatic rings. The van der Waals surface area contributed by atoms with Crippen LogP contribution in [-0.2, 0) is 0 Å². The van der Waals surface area contributed by atoms with Crippen molar-refractivity contribution < 1.29 is 0 Å². The first-order valence-corrected chi connectivity index (χ1v) is 7.20. The van der Waals surface area contributed by atoms with Gasteiger partial charge in [-0.3, -0.25) is 0 Å². The summed E-state index contributed by atoms with van der Waals surface area (Å²) in [5.41, 5.74) is 0.970. The average Bonchev–Trinajstić information content (AvgIpc) is 2.36. The molecule has 0 heterocycles. The van der Waals surface area contributed by atoms with Crippen LogP contribution in [0.15, 0.2) is 0 Å². The Kier molecular flexibility index (Phi) is 4.33. The van der Waals surface area contributed by atoms with Gasteiger partial charge in [0.25, 0.3) is 0 Å². The molecule has 0 aromatic carbocycles. The predicted molar refractivity (Wildman–Crippen MR) is 57.1 cm³/mol. The maximum absolute atomic E-state index is 3.76. The number of hydrogen-bond donors (Lipinski definition) is 1. The Bertz CT molecular complexity index is 121. The fourth-order valence-electron chi connectivity index (χ4n) is 1.76. The summed E-state index contributed by atoms with van der Waals surface area (Å²) in [7, 11) is 2.27. The molecule has 0 aromatic heterocycles. The summed E-state index contributed by atoms with van der Waals surface area (Å²) in [5.74, 6) is 0. The maximum atomic E-state index is 3.76. The topological polar surface area (TPSA) is 12.0 Å². The summed E-state index contributed by atoms with van der Waals surface area (Å²) in [6.07, 6.45) is 5.49. The van der Waals surface area contributed by atoms with E-state index in [1.54, 1.807) is 0 Å². The number of hydrogen-bond acceptors (Lipinski definition) is 1. The lowest BCUT2D eigenvalue weighted by atomic mass is 10.4. The van der Waals surface area contributed by atoms with Crippen molar-refractivity contribution in [3.05, 3.63) is 0 Å². The number of alkyl halides is 1. The van der Waals surface area contributed by atoms with E-state index in [9.17, 15) is 0 Å². The van der Waals surface area contributed by atoms with Crippen LogP contribution in [0.5, 0.6) is 0 Å². The van der Waals surface area contributed by atoms with Crippen molar-refractivity contribution in [1.82, 2.24) is 5.32 Å². The summed E-state index contributed by atoms with van der Waals surface area (Å²) in [6.45, 7) is 2.41. The standard InChI is InChI=1S/C8H17BrNP/c1-10-6-11(2)8-5-3-4-7(8)9/h7-8,10H,3-6H2,1-2H3. The van der Waals surface area contributed by atoms with E-state index in [1.807, 2.05) is 0 Å². The largest absolute Gasteiger partial charge is 0.316 e. The van der Waals surface area contributed by atoms with Crippen LogP contribution in [0.2, 0.25) is 0 Å². The molecule has 3 heteroatoms. The van der Waals surface area contributed by atoms with Gasteiger partial charge in [0, 0.05) is 11.1 Å². The van der Waals surface area contributed by atoms with E-state index in [0.29, 0.717) is 0 Å². The Labute approximate surface area is 79.2 Å². The molecular weight excluding hydrogens is 221 g/mol. The number of nitrogens with one attached hydrogen (secondary N) is 1. The van der Waals surface area contributed by atoms with Crippen LogP contribution in [0.25, 0.3) is 0 Å². The van der Waals surface area contributed by atoms with Crippen molar-refractivity contribution >= 4 is 23.9 Å². The third kappa shape index (κ3) is 2.68. The third-order valence-corrected chi connectivity index (χ3v) is 6.44. The molecule has 1 N–H and O–H groups in total. The maximum Gasteiger partial charge on any atom is 0.0213 e. The van der Waals surface area contributed by atoms with E-state index in [2.05, 4.69) is 35.0 Å². The zero-order valence-electron chi connectivity index (χ0n) is 7.31. The SMILES string of the molecule is CNCP(C)C1CCCC1Br. The van der Waals surface area contributed by atoms with E-state index in [0.717, 1.165) is 10.5 Å². The van der Waals surface area contributed by atoms with E-state index >= 15 is 0 Å². The lowest BCUT2D eigenvalue weighted by Crippen LogP contribution is -2.17. The zero-order valence-corrected chi connectivity index (χ0v) is 9.79. The highest BCUT2D eigenvalue weighted by molar-refractivity contribution is 9.09. The van der Waals surface area contributed by atoms with Crippen molar-refractivity contribution in [2.75, 3.05) is 20.0 Å². The monoisotopic (exact) mass is 237 g/mol. The van der Waals surface area contributed by atoms with Gasteiger partial charge in [-0.2, -0.15) is 0 Å². The fraction of sp³-hybridized carbons (Fsp3) is 1.00. The molecule has 66 valence electrons. The predicted octanol–water partition coefficient (Wildman–Crippen LogP) is 2.59. The Morgan fingerprint density at radius 3 is 2.73 bits per heavy atom. The van der Waals surface area contributed by atoms with Crippen molar-refractivity contribution in [1.29, 1.82) is 0 Å². The Morgan fingerprint density at radius 1 is 1.55 bits per heavy atom. The Hall–Kier alpha value is 0.870. The summed E-state index contributed by atoms with van der Waals surface area (Å²) in [5, 5.41) is 3.27. The van der Waals surface area contributed by atoms with Gasteiger partial charge in [0.05, 0.1) is 0 Å². The highest BCUT2D eigenvalue weighted by atomic mass is 79.9. The lowest BCUT2D eigenvalue weighted by molar-refractivity contribution is 0.878. The van der Waals surface area contributed by atoms with Crippen LogP contribution < -0.4 is 5.32 Å². The first-order valence-electron chi connectivity index (χ1n) is 4.24. The fourth-order valence-corrected chi connectivity index (χ4v) is 5.62. The van der Waals surface area contributed by atoms with Crippen molar-refractivity contribution in [3.63, 3.8) is 0 Å². The molecule has 3 unspecified atom stereocenters. The highest BCUT2D eigenvalue weighted by Crippen LogP contribution is 2.47. The van der Waals surface area contributed by atoms with Crippen LogP contribution in [0.1, 0.15) is 19.3 Å². The van der Waals surface area contributed by atoms with Gasteiger partial charge in [-0.15, -0.1) is 0 Å². The minimum atomic E-state index is 0.221. The minimum absolute atomic E-state index is 0.221. The van der Waals surface area contributed by atoms with Gasteiger partial charge >= 0.3 is 0 Å². The molecule has 3 atom stereocenters. The highest BCUT2D eigenvalue weighted by Gasteiger charge is 2.28. The second kappa shape index (κ2) is 4.79. The van der Waals surface area contributed by atoms with E-state index in [1.165, 1.54) is 25.5 Å². The van der Waals surface area contributed by atoms with Crippen LogP contribution in [0, 0.1) is 0 Å². The minimum Gasteiger partial charge on any atom is -0.316 e. The normalized spacial score (nSPS) is 34.1. The summed E-state index contributed by atoms with van der Waals surface area (Å²) in [4.78, 5) is 0.812. The summed E-state index contributed by atoms with van der Waals surface area (Å²) >= 11 is 3.76. The van der Waals surface area contributed by atoms with Gasteiger partial charge in [-0.25, -0.2) is 0 Å². The van der Waals surface area contributed by atoms with Crippen LogP contribution in [0.4, 0.5) is 0 Å². The molecule has 1 aliphatic rings. The molecular formula is C8H17BrNP. The molecule has 1 rings (SSSR count). The van der Waals surface area contributed by atoms with E-state index < -0.39 is 0 Å². The second-order valence-electron chi connectivity index (χ2n) is 3.28. The van der Waals surface area contributed by atoms with Crippen molar-refractivity contribution in [3.8, 4) is 0 Å². The Morgan fingerprint density at radius 2 is 2.27 bits per heavy atom. The molecule has 1 aliphatic carbocycles. The van der Waals surface area contributed by atoms with Gasteiger partial charge in [-0.05, 0) is 32.2 Å². The first-order chi connectivity index (χ1) is 5.25. The summed E-state index contributed by atoms with van der Waals surface area (Å²) in [6, 6.07) is 0. The lowest BCUT2D eigenvalue weighted by Gasteiger charge is -2.22. The van der Waals surface area contributed by atoms with Crippen LogP contribution >= 0.6 is 23.9 Å². The smallest absolute Gasteiger partial charge is 0.0213 e. The van der Waals surface area contributed by atoms with Crippen molar-refractivity contribution in [2.45, 2.75) is 29.7 Å². The molecule has 0 bridgehead atoms. The van der Waals surface area contributed by atoms with E-state index in [-0.39, 0.29) is 7.92 Å². The van der Waals surface area contributed by atoms with Crippen LogP contribution in [-0.4, -0.2) is 30.5 Å². The summed E-state index contributed by atoms with van der Waals surface area (Å²) < 4.78 is 0. The average molecular weight is 238 g/mol. The molecule has 0 amide bonds. The molecule has 1 fully saturated rings. The molecule has 0 radical (unpaired) electrons. The van der Waals surface area contributed by atoms with Gasteiger partial charge in [0.1, 0.15) is 0 Å². The Balaban J connectivity index is 2.33. The van der Waals surface area contributed by atoms with Gasteiger partial charge in [-0.1, -0.05) is 30.3 Å². The second-order valence-corrected chi connectivity index (χ2v) is 6.95. The molecule has 11 heavy (non-hydrogen) atoms. The number of halogens is 1. The van der Waals surface area contributed by atoms with Gasteiger partial charge in [0.15, 0.2) is 0 Å². The van der Waals surface area contributed by atoms with Crippen molar-refractivity contribution in [2.24, 2.45) is 0 Å². The van der Waals surface area contributed by atoms with Gasteiger partial charge < -0.3 is 5.32 Å². The molecule has 0 saturated heterocycles. The third-order valence-electron chi connectivity index (χ3n) is 2.37. The van der Waals surface area contributed by atoms with Crippen LogP contribution in [0.3, 0.4) is 0 Å². The molecule has 0 aliphatic heterocycles. The van der Waals surface area contributed by atoms with Gasteiger partial charge in [0.2, 0.25) is 0 Å². The quantitative estimate of drug-likeness (QED) is 0.588. The van der Waals surface area contributed by atoms with E-state index in [4.69, 9.17) is 0 Å². The first kappa shape index (κ1) is 9.95. The molecule has 0 spiro atoms. The molecule has 1 saturated carbocycles. The molecule has 1 nitrogen and oxygen atoms in total.